The molecule has 1 aliphatic carbocycles. The molecule has 0 spiro atoms. The Hall–Kier alpha value is -3.82. The minimum atomic E-state index is -2.27. The predicted octanol–water partition coefficient (Wildman–Crippen LogP) is 4.09. The van der Waals surface area contributed by atoms with E-state index in [1.807, 2.05) is 24.3 Å². The van der Waals surface area contributed by atoms with E-state index in [2.05, 4.69) is 20.2 Å². The van der Waals surface area contributed by atoms with Crippen LogP contribution in [0, 0.1) is 5.92 Å². The second kappa shape index (κ2) is 7.86. The van der Waals surface area contributed by atoms with Crippen LogP contribution < -0.4 is 16.0 Å². The zero-order valence-corrected chi connectivity index (χ0v) is 19.1. The van der Waals surface area contributed by atoms with Crippen LogP contribution in [0.25, 0.3) is 33.3 Å². The quantitative estimate of drug-likeness (QED) is 0.412. The Bertz CT molecular complexity index is 1460. The minimum Gasteiger partial charge on any atom is -0.436 e. The number of primary amides is 1. The molecule has 4 heterocycles. The number of oxazole rings is 1. The maximum absolute atomic E-state index is 12.6. The molecule has 4 aromatic rings. The molecule has 1 aliphatic heterocycles. The number of fused-ring (bicyclic) bond motifs is 2. The number of carbonyl (C=O) groups excluding carboxylic acids is 1. The molecule has 3 N–H and O–H groups in total. The largest absolute Gasteiger partial charge is 0.436 e. The number of nitrogens with zero attached hydrogens (tertiary/aromatic N) is 4. The van der Waals surface area contributed by atoms with Crippen LogP contribution in [-0.4, -0.2) is 47.4 Å². The normalized spacial score (nSPS) is 17.2. The van der Waals surface area contributed by atoms with Gasteiger partial charge >= 0.3 is 0 Å². The molecule has 1 saturated carbocycles. The number of alkyl halides is 2. The van der Waals surface area contributed by atoms with Crippen LogP contribution in [0.2, 0.25) is 0 Å². The number of halogens is 2. The van der Waals surface area contributed by atoms with Gasteiger partial charge in [0.1, 0.15) is 11.3 Å². The lowest BCUT2D eigenvalue weighted by atomic mass is 9.96. The van der Waals surface area contributed by atoms with Gasteiger partial charge in [-0.2, -0.15) is 0 Å². The molecular formula is C25H24F2N6O2. The van der Waals surface area contributed by atoms with E-state index < -0.39 is 11.8 Å². The van der Waals surface area contributed by atoms with E-state index in [4.69, 9.17) is 15.1 Å². The molecule has 2 aliphatic rings. The van der Waals surface area contributed by atoms with Crippen LogP contribution in [0.4, 0.5) is 20.3 Å². The molecule has 0 bridgehead atoms. The summed E-state index contributed by atoms with van der Waals surface area (Å²) < 4.78 is 31.3. The first-order valence-corrected chi connectivity index (χ1v) is 11.6. The van der Waals surface area contributed by atoms with E-state index in [9.17, 15) is 13.6 Å². The highest BCUT2D eigenvalue weighted by atomic mass is 19.3. The molecule has 10 heteroatoms. The van der Waals surface area contributed by atoms with Gasteiger partial charge in [-0.05, 0) is 43.0 Å². The maximum Gasteiger partial charge on any atom is 0.239 e. The van der Waals surface area contributed by atoms with E-state index in [1.54, 1.807) is 19.4 Å². The number of rotatable bonds is 7. The van der Waals surface area contributed by atoms with Crippen molar-refractivity contribution in [2.45, 2.75) is 31.1 Å². The fourth-order valence-corrected chi connectivity index (χ4v) is 4.93. The number of nitrogens with two attached hydrogens (primary N) is 1. The third kappa shape index (κ3) is 3.55. The molecule has 1 amide bonds. The van der Waals surface area contributed by atoms with Crippen LogP contribution in [0.1, 0.15) is 25.0 Å². The van der Waals surface area contributed by atoms with Crippen molar-refractivity contribution >= 4 is 39.3 Å². The first-order chi connectivity index (χ1) is 16.9. The summed E-state index contributed by atoms with van der Waals surface area (Å²) in [6, 6.07) is 7.56. The third-order valence-corrected chi connectivity index (χ3v) is 7.16. The Morgan fingerprint density at radius 3 is 2.71 bits per heavy atom. The lowest BCUT2D eigenvalue weighted by molar-refractivity contribution is -0.120. The maximum atomic E-state index is 12.6. The zero-order chi connectivity index (χ0) is 24.3. The number of hydrogen-bond acceptors (Lipinski definition) is 7. The van der Waals surface area contributed by atoms with Crippen molar-refractivity contribution in [1.82, 2.24) is 15.0 Å². The van der Waals surface area contributed by atoms with Crippen LogP contribution >= 0.6 is 0 Å². The molecular weight excluding hydrogens is 454 g/mol. The summed E-state index contributed by atoms with van der Waals surface area (Å²) in [6.07, 6.45) is 2.42. The smallest absolute Gasteiger partial charge is 0.239 e. The van der Waals surface area contributed by atoms with E-state index in [1.165, 1.54) is 0 Å². The summed E-state index contributed by atoms with van der Waals surface area (Å²) in [6.45, 7) is 1.22. The highest BCUT2D eigenvalue weighted by Gasteiger charge is 2.51. The zero-order valence-electron chi connectivity index (χ0n) is 19.1. The SMILES string of the molecule is CNc1ncc(-c2nc3cc(N4CC(CC(F)F)C4)ccc3o2)c2cc(C3(C(N)=O)CC3)ncc12. The summed E-state index contributed by atoms with van der Waals surface area (Å²) in [5.41, 5.74) is 8.50. The van der Waals surface area contributed by atoms with Crippen molar-refractivity contribution in [3.8, 4) is 11.5 Å². The van der Waals surface area contributed by atoms with Crippen molar-refractivity contribution < 1.29 is 18.0 Å². The van der Waals surface area contributed by atoms with Gasteiger partial charge in [0, 0.05) is 55.4 Å². The first kappa shape index (κ1) is 21.7. The van der Waals surface area contributed by atoms with Gasteiger partial charge in [0.05, 0.1) is 16.7 Å². The molecule has 6 rings (SSSR count). The van der Waals surface area contributed by atoms with E-state index >= 15 is 0 Å². The molecule has 2 fully saturated rings. The summed E-state index contributed by atoms with van der Waals surface area (Å²) in [4.78, 5) is 27.9. The first-order valence-electron chi connectivity index (χ1n) is 11.6. The third-order valence-electron chi connectivity index (χ3n) is 7.16. The summed E-state index contributed by atoms with van der Waals surface area (Å²) >= 11 is 0. The number of aromatic nitrogens is 3. The molecule has 0 atom stereocenters. The van der Waals surface area contributed by atoms with Gasteiger partial charge < -0.3 is 20.4 Å². The highest BCUT2D eigenvalue weighted by Crippen LogP contribution is 2.48. The van der Waals surface area contributed by atoms with Crippen LogP contribution in [0.5, 0.6) is 0 Å². The minimum absolute atomic E-state index is 0.0136. The fourth-order valence-electron chi connectivity index (χ4n) is 4.93. The van der Waals surface area contributed by atoms with Crippen molar-refractivity contribution in [2.24, 2.45) is 11.7 Å². The van der Waals surface area contributed by atoms with Crippen molar-refractivity contribution in [3.63, 3.8) is 0 Å². The predicted molar refractivity (Wildman–Crippen MR) is 129 cm³/mol. The van der Waals surface area contributed by atoms with E-state index in [-0.39, 0.29) is 18.2 Å². The van der Waals surface area contributed by atoms with Gasteiger partial charge in [0.25, 0.3) is 0 Å². The number of carbonyl (C=O) groups is 1. The second-order valence-electron chi connectivity index (χ2n) is 9.40. The molecule has 1 aromatic carbocycles. The Balaban J connectivity index is 1.38. The average molecular weight is 479 g/mol. The number of anilines is 2. The molecule has 35 heavy (non-hydrogen) atoms. The summed E-state index contributed by atoms with van der Waals surface area (Å²) in [5.74, 6) is 0.698. The van der Waals surface area contributed by atoms with Crippen LogP contribution in [-0.2, 0) is 10.2 Å². The average Bonchev–Trinajstić information content (AvgIpc) is 3.53. The number of benzene rings is 1. The molecule has 8 nitrogen and oxygen atoms in total. The molecule has 0 radical (unpaired) electrons. The van der Waals surface area contributed by atoms with Crippen molar-refractivity contribution in [1.29, 1.82) is 0 Å². The number of hydrogen-bond donors (Lipinski definition) is 2. The standard InChI is InChI=1S/C25H24F2N6O2/c1-29-22-16-9-30-20(25(4-5-25)24(28)34)8-15(16)17(10-31-22)23-32-18-7-14(2-3-19(18)35-23)33-11-13(12-33)6-21(26)27/h2-3,7-10,13,21H,4-6,11-12H2,1H3,(H2,28,34)(H,29,31). The van der Waals surface area contributed by atoms with Gasteiger partial charge in [0.15, 0.2) is 5.58 Å². The summed E-state index contributed by atoms with van der Waals surface area (Å²) in [7, 11) is 1.78. The molecule has 0 unspecified atom stereocenters. The number of pyridine rings is 2. The number of nitrogens with one attached hydrogen (secondary N) is 1. The topological polar surface area (TPSA) is 110 Å². The molecule has 3 aromatic heterocycles. The Labute approximate surface area is 199 Å². The van der Waals surface area contributed by atoms with Crippen LogP contribution in [0.3, 0.4) is 0 Å². The monoisotopic (exact) mass is 478 g/mol. The van der Waals surface area contributed by atoms with Crippen molar-refractivity contribution in [3.05, 3.63) is 42.4 Å². The highest BCUT2D eigenvalue weighted by molar-refractivity contribution is 6.02. The van der Waals surface area contributed by atoms with E-state index in [0.29, 0.717) is 60.0 Å². The van der Waals surface area contributed by atoms with Crippen LogP contribution in [0.15, 0.2) is 41.1 Å². The second-order valence-corrected chi connectivity index (χ2v) is 9.40. The van der Waals surface area contributed by atoms with Crippen molar-refractivity contribution in [2.75, 3.05) is 30.4 Å². The van der Waals surface area contributed by atoms with Gasteiger partial charge in [-0.15, -0.1) is 0 Å². The molecule has 1 saturated heterocycles. The fraction of sp³-hybridized carbons (Fsp3) is 0.360. The van der Waals surface area contributed by atoms with Gasteiger partial charge in [-0.1, -0.05) is 0 Å². The lowest BCUT2D eigenvalue weighted by Gasteiger charge is -2.41. The Morgan fingerprint density at radius 1 is 1.23 bits per heavy atom. The number of amides is 1. The van der Waals surface area contributed by atoms with Gasteiger partial charge in [-0.25, -0.2) is 18.7 Å². The molecule has 180 valence electrons. The Kier molecular flexibility index (Phi) is 4.87. The Morgan fingerprint density at radius 2 is 2.03 bits per heavy atom. The summed E-state index contributed by atoms with van der Waals surface area (Å²) in [5, 5.41) is 4.67. The lowest BCUT2D eigenvalue weighted by Crippen LogP contribution is -2.47. The van der Waals surface area contributed by atoms with E-state index in [0.717, 1.165) is 16.5 Å². The van der Waals surface area contributed by atoms with Gasteiger partial charge in [0.2, 0.25) is 18.2 Å². The van der Waals surface area contributed by atoms with Gasteiger partial charge in [-0.3, -0.25) is 9.78 Å².